The highest BCUT2D eigenvalue weighted by atomic mass is 16.5. The van der Waals surface area contributed by atoms with Gasteiger partial charge in [0.15, 0.2) is 5.69 Å². The average molecular weight is 382 g/mol. The Hall–Kier alpha value is -4.33. The Morgan fingerprint density at radius 3 is 2.38 bits per heavy atom. The van der Waals surface area contributed by atoms with Gasteiger partial charge >= 0.3 is 0 Å². The summed E-state index contributed by atoms with van der Waals surface area (Å²) in [6.07, 6.45) is 1.65. The Balaban J connectivity index is 1.50. The fraction of sp³-hybridized carbons (Fsp3) is 0. The van der Waals surface area contributed by atoms with E-state index in [1.807, 2.05) is 66.7 Å². The summed E-state index contributed by atoms with van der Waals surface area (Å²) in [6.45, 7) is 0. The fourth-order valence-corrected chi connectivity index (χ4v) is 2.85. The molecule has 0 amide bonds. The van der Waals surface area contributed by atoms with Gasteiger partial charge in [0, 0.05) is 11.8 Å². The molecule has 3 heterocycles. The van der Waals surface area contributed by atoms with Crippen LogP contribution in [0.25, 0.3) is 34.2 Å². The van der Waals surface area contributed by atoms with Crippen LogP contribution in [0.1, 0.15) is 0 Å². The fourth-order valence-electron chi connectivity index (χ4n) is 2.85. The van der Waals surface area contributed by atoms with E-state index < -0.39 is 0 Å². The van der Waals surface area contributed by atoms with Crippen LogP contribution in [0.3, 0.4) is 0 Å². The van der Waals surface area contributed by atoms with Gasteiger partial charge in [-0.3, -0.25) is 0 Å². The van der Waals surface area contributed by atoms with Crippen molar-refractivity contribution in [2.45, 2.75) is 0 Å². The molecule has 0 bridgehead atoms. The average Bonchev–Trinajstić information content (AvgIpc) is 3.45. The molecule has 5 aromatic rings. The van der Waals surface area contributed by atoms with Crippen LogP contribution in [0.15, 0.2) is 83.5 Å². The molecule has 1 N–H and O–H groups in total. The lowest BCUT2D eigenvalue weighted by Gasteiger charge is -2.06. The summed E-state index contributed by atoms with van der Waals surface area (Å²) in [7, 11) is 0. The largest absolute Gasteiger partial charge is 0.438 e. The predicted molar refractivity (Wildman–Crippen MR) is 105 cm³/mol. The van der Waals surface area contributed by atoms with Crippen LogP contribution in [-0.4, -0.2) is 30.5 Å². The lowest BCUT2D eigenvalue weighted by atomic mass is 10.1. The molecular formula is C21H14N6O2. The van der Waals surface area contributed by atoms with E-state index in [0.29, 0.717) is 34.4 Å². The van der Waals surface area contributed by atoms with Crippen LogP contribution < -0.4 is 4.74 Å². The van der Waals surface area contributed by atoms with Crippen LogP contribution >= 0.6 is 0 Å². The normalized spacial score (nSPS) is 10.8. The summed E-state index contributed by atoms with van der Waals surface area (Å²) in [5.74, 6) is 1.65. The Kier molecular flexibility index (Phi) is 4.26. The number of aromatic amines is 1. The molecule has 0 spiro atoms. The maximum absolute atomic E-state index is 5.89. The van der Waals surface area contributed by atoms with Gasteiger partial charge in [0.05, 0.1) is 5.56 Å². The number of nitrogens with zero attached hydrogens (tertiary/aromatic N) is 5. The molecule has 0 radical (unpaired) electrons. The molecule has 0 unspecified atom stereocenters. The lowest BCUT2D eigenvalue weighted by Crippen LogP contribution is -1.92. The molecule has 5 rings (SSSR count). The van der Waals surface area contributed by atoms with Gasteiger partial charge < -0.3 is 9.26 Å². The molecule has 0 fully saturated rings. The maximum atomic E-state index is 5.89. The number of benzene rings is 2. The zero-order chi connectivity index (χ0) is 19.5. The topological polar surface area (TPSA) is 103 Å². The Bertz CT molecular complexity index is 1230. The minimum absolute atomic E-state index is 0.252. The zero-order valence-electron chi connectivity index (χ0n) is 15.1. The number of nitrogens with one attached hydrogen (secondary N) is 1. The number of aromatic nitrogens is 6. The number of ether oxygens (including phenoxy) is 1. The van der Waals surface area contributed by atoms with E-state index in [4.69, 9.17) is 9.26 Å². The molecule has 0 saturated heterocycles. The number of H-pyrrole nitrogens is 1. The first-order chi connectivity index (χ1) is 14.4. The second-order valence-electron chi connectivity index (χ2n) is 6.08. The van der Waals surface area contributed by atoms with Gasteiger partial charge in [0.25, 0.3) is 5.89 Å². The minimum Gasteiger partial charge on any atom is -0.438 e. The van der Waals surface area contributed by atoms with E-state index in [1.165, 1.54) is 0 Å². The monoisotopic (exact) mass is 382 g/mol. The third-order valence-electron chi connectivity index (χ3n) is 4.19. The molecule has 0 aliphatic carbocycles. The van der Waals surface area contributed by atoms with Crippen molar-refractivity contribution in [2.75, 3.05) is 0 Å². The number of para-hydroxylation sites is 1. The highest BCUT2D eigenvalue weighted by Crippen LogP contribution is 2.32. The first-order valence-electron chi connectivity index (χ1n) is 8.87. The maximum Gasteiger partial charge on any atom is 0.281 e. The molecule has 8 nitrogen and oxygen atoms in total. The molecule has 0 aliphatic rings. The number of hydrogen-bond donors (Lipinski definition) is 1. The van der Waals surface area contributed by atoms with Crippen molar-refractivity contribution in [2.24, 2.45) is 0 Å². The highest BCUT2D eigenvalue weighted by molar-refractivity contribution is 5.74. The summed E-state index contributed by atoms with van der Waals surface area (Å²) in [5.41, 5.74) is 2.61. The quantitative estimate of drug-likeness (QED) is 0.481. The van der Waals surface area contributed by atoms with Crippen molar-refractivity contribution in [3.63, 3.8) is 0 Å². The van der Waals surface area contributed by atoms with Crippen LogP contribution in [0, 0.1) is 0 Å². The Labute approximate surface area is 165 Å². The van der Waals surface area contributed by atoms with E-state index in [2.05, 4.69) is 30.5 Å². The molecule has 2 aromatic carbocycles. The SMILES string of the molecule is c1ccc(Oc2ncccc2-c2noc(-c3n[nH]nc3-c3ccccc3)n2)cc1. The van der Waals surface area contributed by atoms with Gasteiger partial charge in [-0.25, -0.2) is 4.98 Å². The summed E-state index contributed by atoms with van der Waals surface area (Å²) in [4.78, 5) is 8.80. The second-order valence-corrected chi connectivity index (χ2v) is 6.08. The van der Waals surface area contributed by atoms with Crippen molar-refractivity contribution >= 4 is 0 Å². The minimum atomic E-state index is 0.252. The van der Waals surface area contributed by atoms with Gasteiger partial charge in [-0.15, -0.1) is 0 Å². The highest BCUT2D eigenvalue weighted by Gasteiger charge is 2.21. The van der Waals surface area contributed by atoms with Gasteiger partial charge in [0.2, 0.25) is 11.7 Å². The van der Waals surface area contributed by atoms with Crippen molar-refractivity contribution in [3.05, 3.63) is 79.0 Å². The predicted octanol–water partition coefficient (Wildman–Crippen LogP) is 4.38. The van der Waals surface area contributed by atoms with Gasteiger partial charge in [0.1, 0.15) is 11.4 Å². The van der Waals surface area contributed by atoms with Crippen LogP contribution in [0.4, 0.5) is 0 Å². The number of rotatable bonds is 5. The molecule has 0 saturated carbocycles. The zero-order valence-corrected chi connectivity index (χ0v) is 15.1. The first-order valence-corrected chi connectivity index (χ1v) is 8.87. The second kappa shape index (κ2) is 7.35. The summed E-state index contributed by atoms with van der Waals surface area (Å²) >= 11 is 0. The van der Waals surface area contributed by atoms with Crippen LogP contribution in [-0.2, 0) is 0 Å². The number of pyridine rings is 1. The van der Waals surface area contributed by atoms with E-state index >= 15 is 0 Å². The van der Waals surface area contributed by atoms with Crippen LogP contribution in [0.2, 0.25) is 0 Å². The van der Waals surface area contributed by atoms with Gasteiger partial charge in [-0.05, 0) is 24.3 Å². The van der Waals surface area contributed by atoms with Crippen molar-refractivity contribution in [3.8, 4) is 45.9 Å². The van der Waals surface area contributed by atoms with E-state index in [9.17, 15) is 0 Å². The van der Waals surface area contributed by atoms with E-state index in [1.54, 1.807) is 12.3 Å². The third-order valence-corrected chi connectivity index (χ3v) is 4.19. The third kappa shape index (κ3) is 3.34. The molecule has 3 aromatic heterocycles. The molecule has 140 valence electrons. The van der Waals surface area contributed by atoms with Crippen molar-refractivity contribution in [1.29, 1.82) is 0 Å². The van der Waals surface area contributed by atoms with Crippen molar-refractivity contribution in [1.82, 2.24) is 30.5 Å². The summed E-state index contributed by atoms with van der Waals surface area (Å²) < 4.78 is 11.4. The first kappa shape index (κ1) is 16.8. The molecule has 8 heteroatoms. The molecule has 29 heavy (non-hydrogen) atoms. The Morgan fingerprint density at radius 2 is 1.55 bits per heavy atom. The van der Waals surface area contributed by atoms with E-state index in [0.717, 1.165) is 5.56 Å². The molecular weight excluding hydrogens is 368 g/mol. The molecule has 0 atom stereocenters. The Morgan fingerprint density at radius 1 is 0.793 bits per heavy atom. The van der Waals surface area contributed by atoms with Crippen LogP contribution in [0.5, 0.6) is 11.6 Å². The lowest BCUT2D eigenvalue weighted by molar-refractivity contribution is 0.429. The van der Waals surface area contributed by atoms with Gasteiger partial charge in [-0.1, -0.05) is 53.7 Å². The van der Waals surface area contributed by atoms with E-state index in [-0.39, 0.29) is 5.89 Å². The summed E-state index contributed by atoms with van der Waals surface area (Å²) in [6, 6.07) is 22.7. The van der Waals surface area contributed by atoms with Crippen molar-refractivity contribution < 1.29 is 9.26 Å². The number of hydrogen-bond acceptors (Lipinski definition) is 7. The standard InChI is InChI=1S/C21H14N6O2/c1-3-8-14(9-4-1)17-18(25-27-24-17)21-23-19(26-29-21)16-12-7-13-22-20(16)28-15-10-5-2-6-11-15/h1-13H,(H,24,25,27). The summed E-state index contributed by atoms with van der Waals surface area (Å²) in [5, 5.41) is 15.1. The smallest absolute Gasteiger partial charge is 0.281 e. The van der Waals surface area contributed by atoms with Gasteiger partial charge in [-0.2, -0.15) is 20.4 Å². The molecule has 0 aliphatic heterocycles.